The fourth-order valence-electron chi connectivity index (χ4n) is 3.11. The second-order valence-electron chi connectivity index (χ2n) is 5.28. The summed E-state index contributed by atoms with van der Waals surface area (Å²) in [5, 5.41) is 0. The highest BCUT2D eigenvalue weighted by atomic mass is 15.1. The Morgan fingerprint density at radius 2 is 2.00 bits per heavy atom. The Morgan fingerprint density at radius 1 is 1.19 bits per heavy atom. The van der Waals surface area contributed by atoms with Crippen molar-refractivity contribution in [3.63, 3.8) is 0 Å². The zero-order valence-electron chi connectivity index (χ0n) is 10.2. The first-order chi connectivity index (χ1) is 7.75. The van der Waals surface area contributed by atoms with Crippen LogP contribution in [0.1, 0.15) is 30.4 Å². The van der Waals surface area contributed by atoms with E-state index in [1.807, 2.05) is 0 Å². The van der Waals surface area contributed by atoms with Gasteiger partial charge in [-0.25, -0.2) is 0 Å². The number of allylic oxidation sites excluding steroid dienone is 1. The van der Waals surface area contributed by atoms with Gasteiger partial charge in [0.15, 0.2) is 0 Å². The lowest BCUT2D eigenvalue weighted by Gasteiger charge is -2.29. The summed E-state index contributed by atoms with van der Waals surface area (Å²) in [5.41, 5.74) is 6.44. The quantitative estimate of drug-likeness (QED) is 0.693. The van der Waals surface area contributed by atoms with Crippen LogP contribution in [0, 0.1) is 0 Å². The van der Waals surface area contributed by atoms with Crippen molar-refractivity contribution in [3.8, 4) is 0 Å². The van der Waals surface area contributed by atoms with Gasteiger partial charge in [-0.1, -0.05) is 29.8 Å². The van der Waals surface area contributed by atoms with Crippen LogP contribution in [0.5, 0.6) is 0 Å². The normalized spacial score (nSPS) is 23.6. The monoisotopic (exact) mass is 213 g/mol. The first kappa shape index (κ1) is 10.1. The van der Waals surface area contributed by atoms with Crippen molar-refractivity contribution in [2.75, 3.05) is 14.1 Å². The SMILES string of the molecule is CN(C)C1CCC2=C(C1)c1ccccc1C2. The maximum atomic E-state index is 2.38. The number of rotatable bonds is 1. The molecular weight excluding hydrogens is 194 g/mol. The molecule has 1 unspecified atom stereocenters. The van der Waals surface area contributed by atoms with Gasteiger partial charge in [0.25, 0.3) is 0 Å². The fourth-order valence-corrected chi connectivity index (χ4v) is 3.11. The molecular formula is C15H19N. The van der Waals surface area contributed by atoms with Crippen molar-refractivity contribution in [1.29, 1.82) is 0 Å². The Labute approximate surface area is 97.8 Å². The molecule has 0 amide bonds. The van der Waals surface area contributed by atoms with E-state index in [-0.39, 0.29) is 0 Å². The zero-order valence-corrected chi connectivity index (χ0v) is 10.2. The van der Waals surface area contributed by atoms with Crippen molar-refractivity contribution in [1.82, 2.24) is 4.90 Å². The lowest BCUT2D eigenvalue weighted by atomic mass is 9.88. The summed E-state index contributed by atoms with van der Waals surface area (Å²) in [6.07, 6.45) is 5.09. The minimum absolute atomic E-state index is 0.741. The second-order valence-corrected chi connectivity index (χ2v) is 5.28. The molecule has 0 saturated carbocycles. The fraction of sp³-hybridized carbons (Fsp3) is 0.467. The van der Waals surface area contributed by atoms with Crippen molar-refractivity contribution < 1.29 is 0 Å². The first-order valence-corrected chi connectivity index (χ1v) is 6.21. The molecule has 1 nitrogen and oxygen atoms in total. The summed E-state index contributed by atoms with van der Waals surface area (Å²) in [6.45, 7) is 0. The Hall–Kier alpha value is -1.08. The maximum absolute atomic E-state index is 2.38. The van der Waals surface area contributed by atoms with Gasteiger partial charge in [-0.3, -0.25) is 0 Å². The Balaban J connectivity index is 1.94. The van der Waals surface area contributed by atoms with Gasteiger partial charge in [0.05, 0.1) is 0 Å². The molecule has 2 aliphatic rings. The molecule has 0 aromatic heterocycles. The third-order valence-corrected chi connectivity index (χ3v) is 4.12. The van der Waals surface area contributed by atoms with Gasteiger partial charge in [-0.05, 0) is 56.5 Å². The number of nitrogens with zero attached hydrogens (tertiary/aromatic N) is 1. The molecule has 3 rings (SSSR count). The predicted octanol–water partition coefficient (Wildman–Crippen LogP) is 3.11. The summed E-state index contributed by atoms with van der Waals surface area (Å²) in [7, 11) is 4.41. The summed E-state index contributed by atoms with van der Waals surface area (Å²) in [5.74, 6) is 0. The smallest absolute Gasteiger partial charge is 0.0133 e. The molecule has 0 heterocycles. The summed E-state index contributed by atoms with van der Waals surface area (Å²) in [6, 6.07) is 9.67. The molecule has 1 heteroatoms. The third kappa shape index (κ3) is 1.51. The third-order valence-electron chi connectivity index (χ3n) is 4.12. The molecule has 0 bridgehead atoms. The minimum atomic E-state index is 0.741. The largest absolute Gasteiger partial charge is 0.306 e. The Kier molecular flexibility index (Phi) is 2.36. The van der Waals surface area contributed by atoms with E-state index in [9.17, 15) is 0 Å². The summed E-state index contributed by atoms with van der Waals surface area (Å²) >= 11 is 0. The second kappa shape index (κ2) is 3.74. The van der Waals surface area contributed by atoms with E-state index in [1.165, 1.54) is 31.2 Å². The van der Waals surface area contributed by atoms with E-state index in [1.54, 1.807) is 16.7 Å². The van der Waals surface area contributed by atoms with Gasteiger partial charge in [-0.2, -0.15) is 0 Å². The molecule has 16 heavy (non-hydrogen) atoms. The molecule has 0 aliphatic heterocycles. The van der Waals surface area contributed by atoms with Crippen molar-refractivity contribution in [3.05, 3.63) is 41.0 Å². The van der Waals surface area contributed by atoms with Crippen molar-refractivity contribution >= 4 is 5.57 Å². The molecule has 1 aromatic carbocycles. The van der Waals surface area contributed by atoms with E-state index in [0.29, 0.717) is 0 Å². The van der Waals surface area contributed by atoms with Gasteiger partial charge < -0.3 is 4.90 Å². The van der Waals surface area contributed by atoms with Crippen LogP contribution in [-0.2, 0) is 6.42 Å². The van der Waals surface area contributed by atoms with Crippen LogP contribution in [0.15, 0.2) is 29.8 Å². The van der Waals surface area contributed by atoms with E-state index in [4.69, 9.17) is 0 Å². The lowest BCUT2D eigenvalue weighted by molar-refractivity contribution is 0.277. The van der Waals surface area contributed by atoms with Crippen LogP contribution in [0.2, 0.25) is 0 Å². The molecule has 1 atom stereocenters. The number of hydrogen-bond donors (Lipinski definition) is 0. The molecule has 84 valence electrons. The van der Waals surface area contributed by atoms with Gasteiger partial charge in [0.1, 0.15) is 0 Å². The Bertz CT molecular complexity index is 443. The van der Waals surface area contributed by atoms with Gasteiger partial charge >= 0.3 is 0 Å². The van der Waals surface area contributed by atoms with Crippen LogP contribution >= 0.6 is 0 Å². The van der Waals surface area contributed by atoms with Crippen LogP contribution in [0.4, 0.5) is 0 Å². The van der Waals surface area contributed by atoms with Crippen molar-refractivity contribution in [2.24, 2.45) is 0 Å². The zero-order chi connectivity index (χ0) is 11.1. The molecule has 0 radical (unpaired) electrons. The molecule has 0 spiro atoms. The molecule has 0 saturated heterocycles. The van der Waals surface area contributed by atoms with Gasteiger partial charge in [0.2, 0.25) is 0 Å². The number of fused-ring (bicyclic) bond motifs is 2. The molecule has 1 aromatic rings. The van der Waals surface area contributed by atoms with Crippen LogP contribution in [0.3, 0.4) is 0 Å². The maximum Gasteiger partial charge on any atom is 0.0133 e. The highest BCUT2D eigenvalue weighted by Crippen LogP contribution is 2.42. The van der Waals surface area contributed by atoms with Gasteiger partial charge in [-0.15, -0.1) is 0 Å². The molecule has 0 N–H and O–H groups in total. The minimum Gasteiger partial charge on any atom is -0.306 e. The van der Waals surface area contributed by atoms with Crippen LogP contribution in [0.25, 0.3) is 5.57 Å². The Morgan fingerprint density at radius 3 is 2.81 bits per heavy atom. The van der Waals surface area contributed by atoms with E-state index < -0.39 is 0 Å². The van der Waals surface area contributed by atoms with Crippen LogP contribution in [-0.4, -0.2) is 25.0 Å². The topological polar surface area (TPSA) is 3.24 Å². The van der Waals surface area contributed by atoms with E-state index >= 15 is 0 Å². The number of hydrogen-bond acceptors (Lipinski definition) is 1. The standard InChI is InChI=1S/C15H19N/c1-16(2)13-8-7-12-9-11-5-3-4-6-14(11)15(12)10-13/h3-6,13H,7-10H2,1-2H3. The predicted molar refractivity (Wildman–Crippen MR) is 68.4 cm³/mol. The average Bonchev–Trinajstić information content (AvgIpc) is 2.66. The first-order valence-electron chi connectivity index (χ1n) is 6.21. The highest BCUT2D eigenvalue weighted by molar-refractivity contribution is 5.77. The molecule has 0 fully saturated rings. The number of benzene rings is 1. The van der Waals surface area contributed by atoms with E-state index in [0.717, 1.165) is 6.04 Å². The highest BCUT2D eigenvalue weighted by Gasteiger charge is 2.28. The average molecular weight is 213 g/mol. The molecule has 2 aliphatic carbocycles. The summed E-state index contributed by atoms with van der Waals surface area (Å²) in [4.78, 5) is 2.38. The van der Waals surface area contributed by atoms with Gasteiger partial charge in [0, 0.05) is 6.04 Å². The lowest BCUT2D eigenvalue weighted by Crippen LogP contribution is -2.30. The summed E-state index contributed by atoms with van der Waals surface area (Å²) < 4.78 is 0. The van der Waals surface area contributed by atoms with Crippen LogP contribution < -0.4 is 0 Å². The van der Waals surface area contributed by atoms with Crippen molar-refractivity contribution in [2.45, 2.75) is 31.7 Å². The van der Waals surface area contributed by atoms with E-state index in [2.05, 4.69) is 43.3 Å².